The number of hydrogen-bond acceptors (Lipinski definition) is 2. The molecule has 2 nitrogen and oxygen atoms in total. The molecule has 0 atom stereocenters. The highest BCUT2D eigenvalue weighted by atomic mass is 15.3. The summed E-state index contributed by atoms with van der Waals surface area (Å²) in [6.07, 6.45) is 11.0. The Morgan fingerprint density at radius 2 is 1.22 bits per heavy atom. The van der Waals surface area contributed by atoms with Crippen LogP contribution in [0.5, 0.6) is 0 Å². The summed E-state index contributed by atoms with van der Waals surface area (Å²) in [5, 5.41) is 0. The molecule has 107 valence electrons. The molecule has 1 aliphatic heterocycles. The maximum atomic E-state index is 3.89. The number of rotatable bonds is 10. The van der Waals surface area contributed by atoms with Gasteiger partial charge in [-0.05, 0) is 19.5 Å². The lowest BCUT2D eigenvalue weighted by molar-refractivity contribution is 0.135. The molecule has 0 unspecified atom stereocenters. The largest absolute Gasteiger partial charge is 0.301 e. The molecule has 0 N–H and O–H groups in total. The Morgan fingerprint density at radius 1 is 0.722 bits per heavy atom. The molecule has 0 aliphatic carbocycles. The highest BCUT2D eigenvalue weighted by molar-refractivity contribution is 4.70. The van der Waals surface area contributed by atoms with Crippen LogP contribution in [-0.2, 0) is 0 Å². The SMILES string of the molecule is [CH2]CCCCCCCCCN1CCN(CC)CC1. The lowest BCUT2D eigenvalue weighted by atomic mass is 10.1. The number of unbranched alkanes of at least 4 members (excludes halogenated alkanes) is 7. The van der Waals surface area contributed by atoms with Crippen molar-refractivity contribution in [2.45, 2.75) is 58.3 Å². The number of likely N-dealkylation sites (N-methyl/N-ethyl adjacent to an activating group) is 1. The predicted molar refractivity (Wildman–Crippen MR) is 80.8 cm³/mol. The number of hydrogen-bond donors (Lipinski definition) is 0. The van der Waals surface area contributed by atoms with Crippen molar-refractivity contribution in [1.82, 2.24) is 9.80 Å². The third kappa shape index (κ3) is 7.38. The van der Waals surface area contributed by atoms with Gasteiger partial charge in [0.15, 0.2) is 0 Å². The van der Waals surface area contributed by atoms with Crippen LogP contribution in [0.2, 0.25) is 0 Å². The molecule has 0 amide bonds. The fourth-order valence-corrected chi connectivity index (χ4v) is 2.73. The average molecular weight is 253 g/mol. The summed E-state index contributed by atoms with van der Waals surface area (Å²) in [6.45, 7) is 13.8. The summed E-state index contributed by atoms with van der Waals surface area (Å²) in [4.78, 5) is 5.20. The van der Waals surface area contributed by atoms with Gasteiger partial charge in [-0.25, -0.2) is 0 Å². The maximum Gasteiger partial charge on any atom is 0.0110 e. The molecule has 0 bridgehead atoms. The zero-order chi connectivity index (χ0) is 13.1. The second kappa shape index (κ2) is 10.8. The molecule has 1 radical (unpaired) electrons. The number of nitrogens with zero attached hydrogens (tertiary/aromatic N) is 2. The van der Waals surface area contributed by atoms with Crippen LogP contribution in [0.1, 0.15) is 58.3 Å². The molecule has 0 aromatic heterocycles. The Balaban J connectivity index is 1.84. The van der Waals surface area contributed by atoms with Crippen molar-refractivity contribution in [3.8, 4) is 0 Å². The minimum absolute atomic E-state index is 1.11. The van der Waals surface area contributed by atoms with Gasteiger partial charge in [-0.3, -0.25) is 0 Å². The van der Waals surface area contributed by atoms with Crippen LogP contribution in [0.4, 0.5) is 0 Å². The third-order valence-electron chi connectivity index (χ3n) is 4.14. The van der Waals surface area contributed by atoms with Gasteiger partial charge in [0.25, 0.3) is 0 Å². The Labute approximate surface area is 115 Å². The first-order valence-electron chi connectivity index (χ1n) is 8.10. The van der Waals surface area contributed by atoms with Gasteiger partial charge in [-0.1, -0.05) is 58.8 Å². The van der Waals surface area contributed by atoms with E-state index < -0.39 is 0 Å². The first-order chi connectivity index (χ1) is 8.86. The highest BCUT2D eigenvalue weighted by Gasteiger charge is 2.14. The van der Waals surface area contributed by atoms with Gasteiger partial charge in [0.2, 0.25) is 0 Å². The zero-order valence-electron chi connectivity index (χ0n) is 12.5. The summed E-state index contributed by atoms with van der Waals surface area (Å²) < 4.78 is 0. The fraction of sp³-hybridized carbons (Fsp3) is 0.938. The maximum absolute atomic E-state index is 3.89. The van der Waals surface area contributed by atoms with E-state index in [1.807, 2.05) is 0 Å². The average Bonchev–Trinajstić information content (AvgIpc) is 2.42. The predicted octanol–water partition coefficient (Wildman–Crippen LogP) is 3.58. The van der Waals surface area contributed by atoms with E-state index in [0.29, 0.717) is 0 Å². The standard InChI is InChI=1S/C16H33N2/c1-3-5-6-7-8-9-10-11-12-18-15-13-17(4-2)14-16-18/h1,3-16H2,2H3. The first-order valence-corrected chi connectivity index (χ1v) is 8.10. The van der Waals surface area contributed by atoms with Crippen molar-refractivity contribution in [3.05, 3.63) is 6.92 Å². The minimum atomic E-state index is 1.11. The summed E-state index contributed by atoms with van der Waals surface area (Å²) in [5.41, 5.74) is 0. The molecule has 0 aromatic carbocycles. The highest BCUT2D eigenvalue weighted by Crippen LogP contribution is 2.09. The van der Waals surface area contributed by atoms with E-state index in [-0.39, 0.29) is 0 Å². The van der Waals surface area contributed by atoms with Crippen molar-refractivity contribution in [2.24, 2.45) is 0 Å². The number of piperazine rings is 1. The van der Waals surface area contributed by atoms with Gasteiger partial charge in [0, 0.05) is 26.2 Å². The smallest absolute Gasteiger partial charge is 0.0110 e. The molecular formula is C16H33N2. The molecule has 0 spiro atoms. The van der Waals surface area contributed by atoms with Gasteiger partial charge in [0.05, 0.1) is 0 Å². The molecule has 1 rings (SSSR count). The van der Waals surface area contributed by atoms with Crippen molar-refractivity contribution < 1.29 is 0 Å². The van der Waals surface area contributed by atoms with Gasteiger partial charge in [-0.2, -0.15) is 0 Å². The molecule has 2 heteroatoms. The van der Waals surface area contributed by atoms with Crippen LogP contribution in [0.25, 0.3) is 0 Å². The van der Waals surface area contributed by atoms with Crippen LogP contribution in [0, 0.1) is 6.92 Å². The minimum Gasteiger partial charge on any atom is -0.301 e. The van der Waals surface area contributed by atoms with Crippen LogP contribution in [0.3, 0.4) is 0 Å². The molecule has 0 saturated carbocycles. The van der Waals surface area contributed by atoms with Crippen molar-refractivity contribution >= 4 is 0 Å². The van der Waals surface area contributed by atoms with Crippen LogP contribution < -0.4 is 0 Å². The summed E-state index contributed by atoms with van der Waals surface area (Å²) >= 11 is 0. The Morgan fingerprint density at radius 3 is 1.78 bits per heavy atom. The van der Waals surface area contributed by atoms with Gasteiger partial charge in [-0.15, -0.1) is 0 Å². The van der Waals surface area contributed by atoms with E-state index in [0.717, 1.165) is 6.42 Å². The quantitative estimate of drug-likeness (QED) is 0.549. The third-order valence-corrected chi connectivity index (χ3v) is 4.14. The molecule has 0 aromatic rings. The molecular weight excluding hydrogens is 220 g/mol. The Kier molecular flexibility index (Phi) is 9.59. The Hall–Kier alpha value is -0.0800. The summed E-state index contributed by atoms with van der Waals surface area (Å²) in [7, 11) is 0. The normalized spacial score (nSPS) is 18.3. The van der Waals surface area contributed by atoms with Gasteiger partial charge < -0.3 is 9.80 Å². The van der Waals surface area contributed by atoms with E-state index in [4.69, 9.17) is 0 Å². The molecule has 1 heterocycles. The van der Waals surface area contributed by atoms with Crippen molar-refractivity contribution in [2.75, 3.05) is 39.3 Å². The van der Waals surface area contributed by atoms with E-state index in [2.05, 4.69) is 23.6 Å². The first kappa shape index (κ1) is 16.0. The van der Waals surface area contributed by atoms with Crippen LogP contribution >= 0.6 is 0 Å². The van der Waals surface area contributed by atoms with Crippen molar-refractivity contribution in [3.63, 3.8) is 0 Å². The lowest BCUT2D eigenvalue weighted by Gasteiger charge is -2.33. The lowest BCUT2D eigenvalue weighted by Crippen LogP contribution is -2.46. The molecule has 1 aliphatic rings. The van der Waals surface area contributed by atoms with Crippen molar-refractivity contribution in [1.29, 1.82) is 0 Å². The second-order valence-corrected chi connectivity index (χ2v) is 5.60. The van der Waals surface area contributed by atoms with E-state index in [1.165, 1.54) is 84.2 Å². The summed E-state index contributed by atoms with van der Waals surface area (Å²) in [6, 6.07) is 0. The van der Waals surface area contributed by atoms with E-state index >= 15 is 0 Å². The zero-order valence-corrected chi connectivity index (χ0v) is 12.5. The monoisotopic (exact) mass is 253 g/mol. The van der Waals surface area contributed by atoms with Gasteiger partial charge >= 0.3 is 0 Å². The fourth-order valence-electron chi connectivity index (χ4n) is 2.73. The second-order valence-electron chi connectivity index (χ2n) is 5.60. The van der Waals surface area contributed by atoms with Crippen LogP contribution in [-0.4, -0.2) is 49.1 Å². The van der Waals surface area contributed by atoms with E-state index in [1.54, 1.807) is 0 Å². The van der Waals surface area contributed by atoms with Crippen LogP contribution in [0.15, 0.2) is 0 Å². The molecule has 1 fully saturated rings. The molecule has 18 heavy (non-hydrogen) atoms. The Bertz CT molecular complexity index is 174. The summed E-state index contributed by atoms with van der Waals surface area (Å²) in [5.74, 6) is 0. The topological polar surface area (TPSA) is 6.48 Å². The molecule has 1 saturated heterocycles. The van der Waals surface area contributed by atoms with Gasteiger partial charge in [0.1, 0.15) is 0 Å². The van der Waals surface area contributed by atoms with E-state index in [9.17, 15) is 0 Å².